The van der Waals surface area contributed by atoms with Crippen molar-refractivity contribution < 1.29 is 4.79 Å². The van der Waals surface area contributed by atoms with E-state index < -0.39 is 0 Å². The molecule has 1 heterocycles. The minimum atomic E-state index is -0.142. The lowest BCUT2D eigenvalue weighted by molar-refractivity contribution is 0.246. The Kier molecular flexibility index (Phi) is 6.88. The van der Waals surface area contributed by atoms with Crippen LogP contribution >= 0.6 is 0 Å². The minimum absolute atomic E-state index is 0.142. The Morgan fingerprint density at radius 1 is 1.07 bits per heavy atom. The molecule has 0 radical (unpaired) electrons. The van der Waals surface area contributed by atoms with Gasteiger partial charge in [-0.05, 0) is 49.3 Å². The number of urea groups is 1. The molecular weight excluding hydrogens is 334 g/mol. The molecule has 0 aromatic heterocycles. The Bertz CT molecular complexity index is 725. The van der Waals surface area contributed by atoms with E-state index in [2.05, 4.69) is 41.9 Å². The number of anilines is 1. The highest BCUT2D eigenvalue weighted by Gasteiger charge is 2.21. The average molecular weight is 366 g/mol. The molecule has 1 aliphatic rings. The molecule has 3 atom stereocenters. The summed E-state index contributed by atoms with van der Waals surface area (Å²) in [4.78, 5) is 12.4. The van der Waals surface area contributed by atoms with Crippen molar-refractivity contribution in [1.82, 2.24) is 10.6 Å². The van der Waals surface area contributed by atoms with Crippen LogP contribution in [-0.2, 0) is 0 Å². The number of para-hydroxylation sites is 1. The summed E-state index contributed by atoms with van der Waals surface area (Å²) >= 11 is 0. The highest BCUT2D eigenvalue weighted by atomic mass is 16.2. The quantitative estimate of drug-likeness (QED) is 0.654. The lowest BCUT2D eigenvalue weighted by atomic mass is 9.89. The van der Waals surface area contributed by atoms with Gasteiger partial charge >= 0.3 is 6.03 Å². The van der Waals surface area contributed by atoms with Crippen molar-refractivity contribution in [2.75, 3.05) is 18.4 Å². The Hall–Kier alpha value is -2.33. The van der Waals surface area contributed by atoms with Crippen LogP contribution in [0.25, 0.3) is 11.1 Å². The number of carbonyl (C=O) groups is 1. The molecule has 3 rings (SSSR count). The van der Waals surface area contributed by atoms with Gasteiger partial charge in [0.15, 0.2) is 0 Å². The summed E-state index contributed by atoms with van der Waals surface area (Å²) in [5.74, 6) is 1.03. The fraction of sp³-hybridized carbons (Fsp3) is 0.435. The summed E-state index contributed by atoms with van der Waals surface area (Å²) in [6.07, 6.45) is 3.75. The monoisotopic (exact) mass is 365 g/mol. The summed E-state index contributed by atoms with van der Waals surface area (Å²) in [6, 6.07) is 18.5. The van der Waals surface area contributed by atoms with Gasteiger partial charge in [-0.2, -0.15) is 0 Å². The molecule has 144 valence electrons. The molecule has 2 aromatic rings. The average Bonchev–Trinajstić information content (AvgIpc) is 3.20. The van der Waals surface area contributed by atoms with Crippen molar-refractivity contribution in [3.8, 4) is 11.1 Å². The molecule has 0 bridgehead atoms. The molecular formula is C23H31N3O. The van der Waals surface area contributed by atoms with Gasteiger partial charge in [0.05, 0.1) is 5.69 Å². The summed E-state index contributed by atoms with van der Waals surface area (Å²) in [7, 11) is 0. The molecule has 1 saturated heterocycles. The van der Waals surface area contributed by atoms with E-state index in [0.29, 0.717) is 24.4 Å². The van der Waals surface area contributed by atoms with Crippen LogP contribution in [0, 0.1) is 11.8 Å². The Balaban J connectivity index is 1.52. The van der Waals surface area contributed by atoms with Crippen LogP contribution in [0.2, 0.25) is 0 Å². The van der Waals surface area contributed by atoms with Crippen molar-refractivity contribution in [3.63, 3.8) is 0 Å². The van der Waals surface area contributed by atoms with E-state index in [1.165, 1.54) is 19.3 Å². The number of rotatable bonds is 7. The van der Waals surface area contributed by atoms with Gasteiger partial charge in [0.2, 0.25) is 0 Å². The predicted molar refractivity (Wildman–Crippen MR) is 113 cm³/mol. The van der Waals surface area contributed by atoms with Crippen LogP contribution in [0.3, 0.4) is 0 Å². The predicted octanol–water partition coefficient (Wildman–Crippen LogP) is 4.89. The zero-order valence-electron chi connectivity index (χ0n) is 16.4. The third-order valence-electron chi connectivity index (χ3n) is 5.63. The molecule has 4 nitrogen and oxygen atoms in total. The number of hydrogen-bond acceptors (Lipinski definition) is 2. The van der Waals surface area contributed by atoms with Crippen molar-refractivity contribution >= 4 is 11.7 Å². The molecule has 3 N–H and O–H groups in total. The second kappa shape index (κ2) is 9.56. The summed E-state index contributed by atoms with van der Waals surface area (Å²) in [5, 5.41) is 9.62. The highest BCUT2D eigenvalue weighted by Crippen LogP contribution is 2.27. The van der Waals surface area contributed by atoms with Crippen molar-refractivity contribution in [3.05, 3.63) is 54.6 Å². The SMILES string of the molecule is CC(CNC(=O)Nc1ccccc1-c1ccccc1)C(C)CC1CCCN1. The smallest absolute Gasteiger partial charge is 0.319 e. The van der Waals surface area contributed by atoms with E-state index in [1.54, 1.807) is 0 Å². The van der Waals surface area contributed by atoms with Gasteiger partial charge in [-0.25, -0.2) is 4.79 Å². The van der Waals surface area contributed by atoms with Crippen LogP contribution in [0.1, 0.15) is 33.1 Å². The normalized spacial score (nSPS) is 18.7. The van der Waals surface area contributed by atoms with E-state index in [-0.39, 0.29) is 6.03 Å². The molecule has 3 unspecified atom stereocenters. The van der Waals surface area contributed by atoms with E-state index in [0.717, 1.165) is 23.4 Å². The Morgan fingerprint density at radius 2 is 1.81 bits per heavy atom. The molecule has 2 amide bonds. The highest BCUT2D eigenvalue weighted by molar-refractivity contribution is 5.94. The van der Waals surface area contributed by atoms with Gasteiger partial charge in [0.25, 0.3) is 0 Å². The number of carbonyl (C=O) groups excluding carboxylic acids is 1. The van der Waals surface area contributed by atoms with Crippen molar-refractivity contribution in [1.29, 1.82) is 0 Å². The first-order valence-electron chi connectivity index (χ1n) is 10.1. The lowest BCUT2D eigenvalue weighted by Gasteiger charge is -2.23. The van der Waals surface area contributed by atoms with Crippen LogP contribution < -0.4 is 16.0 Å². The third kappa shape index (κ3) is 5.57. The molecule has 0 spiro atoms. The topological polar surface area (TPSA) is 53.2 Å². The van der Waals surface area contributed by atoms with Gasteiger partial charge in [-0.1, -0.05) is 62.4 Å². The Morgan fingerprint density at radius 3 is 2.56 bits per heavy atom. The third-order valence-corrected chi connectivity index (χ3v) is 5.63. The van der Waals surface area contributed by atoms with Crippen LogP contribution in [0.4, 0.5) is 10.5 Å². The van der Waals surface area contributed by atoms with Gasteiger partial charge in [-0.15, -0.1) is 0 Å². The van der Waals surface area contributed by atoms with Gasteiger partial charge < -0.3 is 16.0 Å². The zero-order valence-corrected chi connectivity index (χ0v) is 16.4. The first-order chi connectivity index (χ1) is 13.1. The van der Waals surface area contributed by atoms with Gasteiger partial charge in [0.1, 0.15) is 0 Å². The van der Waals surface area contributed by atoms with Crippen molar-refractivity contribution in [2.45, 2.75) is 39.2 Å². The summed E-state index contributed by atoms with van der Waals surface area (Å²) < 4.78 is 0. The molecule has 27 heavy (non-hydrogen) atoms. The number of amides is 2. The standard InChI is InChI=1S/C23H31N3O/c1-17(15-20-11-8-14-24-20)18(2)16-25-23(27)26-22-13-7-6-12-21(22)19-9-4-3-5-10-19/h3-7,9-10,12-13,17-18,20,24H,8,11,14-16H2,1-2H3,(H2,25,26,27). The largest absolute Gasteiger partial charge is 0.338 e. The van der Waals surface area contributed by atoms with Crippen LogP contribution in [-0.4, -0.2) is 25.2 Å². The summed E-state index contributed by atoms with van der Waals surface area (Å²) in [5.41, 5.74) is 2.96. The lowest BCUT2D eigenvalue weighted by Crippen LogP contribution is -2.35. The fourth-order valence-corrected chi connectivity index (χ4v) is 3.72. The molecule has 2 aromatic carbocycles. The summed E-state index contributed by atoms with van der Waals surface area (Å²) in [6.45, 7) is 6.34. The first kappa shape index (κ1) is 19.4. The second-order valence-corrected chi connectivity index (χ2v) is 7.73. The van der Waals surface area contributed by atoms with Crippen LogP contribution in [0.5, 0.6) is 0 Å². The maximum Gasteiger partial charge on any atom is 0.319 e. The maximum atomic E-state index is 12.4. The van der Waals surface area contributed by atoms with Crippen molar-refractivity contribution in [2.24, 2.45) is 11.8 Å². The van der Waals surface area contributed by atoms with Crippen LogP contribution in [0.15, 0.2) is 54.6 Å². The van der Waals surface area contributed by atoms with E-state index in [1.807, 2.05) is 42.5 Å². The Labute approximate surface area is 162 Å². The number of benzene rings is 2. The molecule has 1 aliphatic heterocycles. The van der Waals surface area contributed by atoms with E-state index in [9.17, 15) is 4.79 Å². The van der Waals surface area contributed by atoms with Gasteiger partial charge in [-0.3, -0.25) is 0 Å². The maximum absolute atomic E-state index is 12.4. The van der Waals surface area contributed by atoms with E-state index >= 15 is 0 Å². The minimum Gasteiger partial charge on any atom is -0.338 e. The zero-order chi connectivity index (χ0) is 19.1. The first-order valence-corrected chi connectivity index (χ1v) is 10.1. The number of nitrogens with one attached hydrogen (secondary N) is 3. The second-order valence-electron chi connectivity index (χ2n) is 7.73. The molecule has 0 saturated carbocycles. The number of hydrogen-bond donors (Lipinski definition) is 3. The molecule has 4 heteroatoms. The van der Waals surface area contributed by atoms with Gasteiger partial charge in [0, 0.05) is 18.2 Å². The molecule has 1 fully saturated rings. The fourth-order valence-electron chi connectivity index (χ4n) is 3.72. The molecule has 0 aliphatic carbocycles. The van der Waals surface area contributed by atoms with E-state index in [4.69, 9.17) is 0 Å².